The molecule has 0 radical (unpaired) electrons. The van der Waals surface area contributed by atoms with Crippen LogP contribution in [0.5, 0.6) is 0 Å². The van der Waals surface area contributed by atoms with Gasteiger partial charge in [-0.2, -0.15) is 0 Å². The Labute approximate surface area is 85.3 Å². The Morgan fingerprint density at radius 3 is 2.71 bits per heavy atom. The van der Waals surface area contributed by atoms with Gasteiger partial charge in [0.25, 0.3) is 0 Å². The minimum absolute atomic E-state index is 0.0975. The maximum atomic E-state index is 6.21. The summed E-state index contributed by atoms with van der Waals surface area (Å²) in [5.74, 6) is 2.40. The number of imidazole rings is 1. The van der Waals surface area contributed by atoms with Crippen LogP contribution in [0.25, 0.3) is 0 Å². The van der Waals surface area contributed by atoms with E-state index in [9.17, 15) is 0 Å². The topological polar surface area (TPSA) is 43.8 Å². The average molecular weight is 193 g/mol. The summed E-state index contributed by atoms with van der Waals surface area (Å²) in [4.78, 5) is 4.32. The molecular formula is C11H19N3. The molecule has 0 amide bonds. The van der Waals surface area contributed by atoms with Gasteiger partial charge in [-0.3, -0.25) is 0 Å². The zero-order valence-electron chi connectivity index (χ0n) is 8.98. The maximum absolute atomic E-state index is 6.21. The Balaban J connectivity index is 2.07. The summed E-state index contributed by atoms with van der Waals surface area (Å²) < 4.78 is 2.03. The van der Waals surface area contributed by atoms with Crippen LogP contribution in [0.2, 0.25) is 0 Å². The molecule has 1 aliphatic carbocycles. The third-order valence-electron chi connectivity index (χ3n) is 3.62. The van der Waals surface area contributed by atoms with E-state index >= 15 is 0 Å². The van der Waals surface area contributed by atoms with E-state index in [1.165, 1.54) is 19.3 Å². The molecule has 1 aromatic rings. The molecule has 1 aliphatic rings. The number of aryl methyl sites for hydroxylation is 1. The van der Waals surface area contributed by atoms with Crippen molar-refractivity contribution in [2.45, 2.75) is 32.2 Å². The lowest BCUT2D eigenvalue weighted by atomic mass is 9.74. The molecule has 1 fully saturated rings. The highest BCUT2D eigenvalue weighted by Gasteiger charge is 2.30. The molecule has 0 bridgehead atoms. The summed E-state index contributed by atoms with van der Waals surface area (Å²) in [7, 11) is 2.01. The van der Waals surface area contributed by atoms with Crippen molar-refractivity contribution in [2.75, 3.05) is 0 Å². The minimum atomic E-state index is 0.0975. The van der Waals surface area contributed by atoms with Crippen LogP contribution in [-0.4, -0.2) is 9.55 Å². The quantitative estimate of drug-likeness (QED) is 0.796. The molecule has 2 N–H and O–H groups in total. The van der Waals surface area contributed by atoms with E-state index in [4.69, 9.17) is 5.73 Å². The third-order valence-corrected chi connectivity index (χ3v) is 3.62. The largest absolute Gasteiger partial charge is 0.337 e. The molecule has 0 saturated heterocycles. The first-order valence-electron chi connectivity index (χ1n) is 5.43. The molecule has 0 aliphatic heterocycles. The highest BCUT2D eigenvalue weighted by molar-refractivity contribution is 5.00. The van der Waals surface area contributed by atoms with Crippen LogP contribution < -0.4 is 5.73 Å². The van der Waals surface area contributed by atoms with E-state index in [1.807, 2.05) is 24.0 Å². The maximum Gasteiger partial charge on any atom is 0.125 e. The van der Waals surface area contributed by atoms with Gasteiger partial charge >= 0.3 is 0 Å². The summed E-state index contributed by atoms with van der Waals surface area (Å²) in [5.41, 5.74) is 6.21. The van der Waals surface area contributed by atoms with Gasteiger partial charge in [-0.1, -0.05) is 26.2 Å². The first-order valence-corrected chi connectivity index (χ1v) is 5.43. The number of hydrogen-bond acceptors (Lipinski definition) is 2. The fraction of sp³-hybridized carbons (Fsp3) is 0.727. The van der Waals surface area contributed by atoms with Crippen molar-refractivity contribution in [3.8, 4) is 0 Å². The molecule has 1 saturated carbocycles. The standard InChI is InChI=1S/C11H19N3/c1-8(9-4-3-5-9)10(12)11-13-6-7-14(11)2/h6-10H,3-5,12H2,1-2H3. The zero-order valence-corrected chi connectivity index (χ0v) is 8.98. The molecule has 14 heavy (non-hydrogen) atoms. The molecule has 2 rings (SSSR count). The minimum Gasteiger partial charge on any atom is -0.337 e. The van der Waals surface area contributed by atoms with E-state index in [0.29, 0.717) is 5.92 Å². The van der Waals surface area contributed by atoms with E-state index in [0.717, 1.165) is 11.7 Å². The van der Waals surface area contributed by atoms with Gasteiger partial charge in [0, 0.05) is 19.4 Å². The van der Waals surface area contributed by atoms with Crippen molar-refractivity contribution < 1.29 is 0 Å². The van der Waals surface area contributed by atoms with Crippen molar-refractivity contribution in [2.24, 2.45) is 24.6 Å². The first kappa shape index (κ1) is 9.71. The fourth-order valence-electron chi connectivity index (χ4n) is 2.19. The molecule has 3 heteroatoms. The van der Waals surface area contributed by atoms with Gasteiger partial charge in [0.1, 0.15) is 5.82 Å². The van der Waals surface area contributed by atoms with Crippen LogP contribution in [0.3, 0.4) is 0 Å². The predicted molar refractivity (Wildman–Crippen MR) is 56.6 cm³/mol. The van der Waals surface area contributed by atoms with Crippen molar-refractivity contribution in [1.82, 2.24) is 9.55 Å². The van der Waals surface area contributed by atoms with Crippen LogP contribution >= 0.6 is 0 Å². The second kappa shape index (κ2) is 3.73. The van der Waals surface area contributed by atoms with E-state index in [2.05, 4.69) is 11.9 Å². The molecule has 3 nitrogen and oxygen atoms in total. The van der Waals surface area contributed by atoms with Crippen LogP contribution in [0, 0.1) is 11.8 Å². The highest BCUT2D eigenvalue weighted by Crippen LogP contribution is 2.38. The van der Waals surface area contributed by atoms with Crippen LogP contribution in [0.15, 0.2) is 12.4 Å². The molecule has 2 unspecified atom stereocenters. The zero-order chi connectivity index (χ0) is 10.1. The number of hydrogen-bond donors (Lipinski definition) is 1. The van der Waals surface area contributed by atoms with Gasteiger partial charge in [0.2, 0.25) is 0 Å². The number of nitrogens with zero attached hydrogens (tertiary/aromatic N) is 2. The SMILES string of the molecule is CC(C1CCC1)C(N)c1nccn1C. The van der Waals surface area contributed by atoms with Gasteiger partial charge in [-0.05, 0) is 11.8 Å². The smallest absolute Gasteiger partial charge is 0.125 e. The summed E-state index contributed by atoms with van der Waals surface area (Å²) >= 11 is 0. The molecule has 78 valence electrons. The predicted octanol–water partition coefficient (Wildman–Crippen LogP) is 1.86. The highest BCUT2D eigenvalue weighted by atomic mass is 15.1. The van der Waals surface area contributed by atoms with Gasteiger partial charge in [-0.15, -0.1) is 0 Å². The van der Waals surface area contributed by atoms with Crippen LogP contribution in [0.1, 0.15) is 38.1 Å². The lowest BCUT2D eigenvalue weighted by molar-refractivity contribution is 0.189. The monoisotopic (exact) mass is 193 g/mol. The summed E-state index contributed by atoms with van der Waals surface area (Å²) in [5, 5.41) is 0. The van der Waals surface area contributed by atoms with Crippen molar-refractivity contribution in [3.63, 3.8) is 0 Å². The van der Waals surface area contributed by atoms with Crippen molar-refractivity contribution in [1.29, 1.82) is 0 Å². The van der Waals surface area contributed by atoms with Gasteiger partial charge in [0.15, 0.2) is 0 Å². The summed E-state index contributed by atoms with van der Waals surface area (Å²) in [6.45, 7) is 2.25. The lowest BCUT2D eigenvalue weighted by Crippen LogP contribution is -2.31. The summed E-state index contributed by atoms with van der Waals surface area (Å²) in [6, 6.07) is 0.0975. The van der Waals surface area contributed by atoms with Crippen molar-refractivity contribution >= 4 is 0 Å². The van der Waals surface area contributed by atoms with Crippen LogP contribution in [-0.2, 0) is 7.05 Å². The van der Waals surface area contributed by atoms with Gasteiger partial charge in [-0.25, -0.2) is 4.98 Å². The Morgan fingerprint density at radius 2 is 2.29 bits per heavy atom. The van der Waals surface area contributed by atoms with Crippen LogP contribution in [0.4, 0.5) is 0 Å². The molecular weight excluding hydrogens is 174 g/mol. The molecule has 0 spiro atoms. The number of nitrogens with two attached hydrogens (primary N) is 1. The second-order valence-electron chi connectivity index (χ2n) is 4.47. The Morgan fingerprint density at radius 1 is 1.57 bits per heavy atom. The molecule has 1 heterocycles. The Bertz CT molecular complexity index is 301. The van der Waals surface area contributed by atoms with Gasteiger partial charge in [0.05, 0.1) is 6.04 Å². The lowest BCUT2D eigenvalue weighted by Gasteiger charge is -2.34. The normalized spacial score (nSPS) is 21.6. The number of rotatable bonds is 3. The summed E-state index contributed by atoms with van der Waals surface area (Å²) in [6.07, 6.45) is 7.85. The van der Waals surface area contributed by atoms with E-state index in [1.54, 1.807) is 0 Å². The average Bonchev–Trinajstić information content (AvgIpc) is 2.47. The Hall–Kier alpha value is -0.830. The van der Waals surface area contributed by atoms with E-state index < -0.39 is 0 Å². The molecule has 2 atom stereocenters. The molecule has 0 aromatic carbocycles. The molecule has 1 aromatic heterocycles. The Kier molecular flexibility index (Phi) is 2.59. The number of aromatic nitrogens is 2. The van der Waals surface area contributed by atoms with Gasteiger partial charge < -0.3 is 10.3 Å². The fourth-order valence-corrected chi connectivity index (χ4v) is 2.19. The van der Waals surface area contributed by atoms with E-state index in [-0.39, 0.29) is 6.04 Å². The second-order valence-corrected chi connectivity index (χ2v) is 4.47. The third kappa shape index (κ3) is 1.57. The van der Waals surface area contributed by atoms with Crippen molar-refractivity contribution in [3.05, 3.63) is 18.2 Å². The first-order chi connectivity index (χ1) is 6.70.